The number of hydrogen-bond acceptors (Lipinski definition) is 3. The van der Waals surface area contributed by atoms with E-state index in [0.29, 0.717) is 18.6 Å². The van der Waals surface area contributed by atoms with Gasteiger partial charge >= 0.3 is 0 Å². The molecule has 3 nitrogen and oxygen atoms in total. The third-order valence-corrected chi connectivity index (χ3v) is 2.70. The van der Waals surface area contributed by atoms with Crippen LogP contribution in [-0.4, -0.2) is 39.0 Å². The van der Waals surface area contributed by atoms with Crippen LogP contribution in [0.25, 0.3) is 0 Å². The van der Waals surface area contributed by atoms with Gasteiger partial charge in [-0.15, -0.1) is 0 Å². The number of piperidine rings is 1. The third kappa shape index (κ3) is 3.63. The molecule has 1 saturated heterocycles. The molecule has 3 unspecified atom stereocenters. The van der Waals surface area contributed by atoms with E-state index in [2.05, 4.69) is 12.2 Å². The van der Waals surface area contributed by atoms with E-state index in [1.54, 1.807) is 7.11 Å². The molecular formula is C10H21NO2. The SMILES string of the molecule is COC(C)COC1CNCCC1C. The normalized spacial score (nSPS) is 31.6. The molecule has 1 aliphatic rings. The number of methoxy groups -OCH3 is 1. The zero-order valence-electron chi connectivity index (χ0n) is 8.88. The van der Waals surface area contributed by atoms with Crippen LogP contribution in [0.2, 0.25) is 0 Å². The Labute approximate surface area is 80.8 Å². The molecule has 0 spiro atoms. The molecule has 1 aliphatic heterocycles. The van der Waals surface area contributed by atoms with E-state index in [9.17, 15) is 0 Å². The Balaban J connectivity index is 2.18. The summed E-state index contributed by atoms with van der Waals surface area (Å²) in [5, 5.41) is 3.34. The predicted octanol–water partition coefficient (Wildman–Crippen LogP) is 1.04. The minimum atomic E-state index is 0.203. The van der Waals surface area contributed by atoms with Crippen molar-refractivity contribution >= 4 is 0 Å². The Bertz CT molecular complexity index is 141. The van der Waals surface area contributed by atoms with Gasteiger partial charge in [0.15, 0.2) is 0 Å². The summed E-state index contributed by atoms with van der Waals surface area (Å²) < 4.78 is 10.9. The zero-order valence-corrected chi connectivity index (χ0v) is 8.88. The maximum Gasteiger partial charge on any atom is 0.0776 e. The first-order valence-corrected chi connectivity index (χ1v) is 5.09. The topological polar surface area (TPSA) is 30.5 Å². The Hall–Kier alpha value is -0.120. The van der Waals surface area contributed by atoms with E-state index in [1.807, 2.05) is 6.92 Å². The highest BCUT2D eigenvalue weighted by Crippen LogP contribution is 2.14. The van der Waals surface area contributed by atoms with E-state index < -0.39 is 0 Å². The molecule has 0 bridgehead atoms. The van der Waals surface area contributed by atoms with Crippen molar-refractivity contribution in [2.24, 2.45) is 5.92 Å². The third-order valence-electron chi connectivity index (χ3n) is 2.70. The van der Waals surface area contributed by atoms with Crippen molar-refractivity contribution in [3.63, 3.8) is 0 Å². The highest BCUT2D eigenvalue weighted by molar-refractivity contribution is 4.75. The van der Waals surface area contributed by atoms with Crippen LogP contribution in [0.15, 0.2) is 0 Å². The number of rotatable bonds is 4. The van der Waals surface area contributed by atoms with Gasteiger partial charge in [0, 0.05) is 13.7 Å². The fourth-order valence-electron chi connectivity index (χ4n) is 1.51. The second kappa shape index (κ2) is 5.58. The quantitative estimate of drug-likeness (QED) is 0.713. The molecule has 3 atom stereocenters. The number of hydrogen-bond donors (Lipinski definition) is 1. The highest BCUT2D eigenvalue weighted by atomic mass is 16.5. The van der Waals surface area contributed by atoms with Crippen LogP contribution >= 0.6 is 0 Å². The van der Waals surface area contributed by atoms with Gasteiger partial charge in [0.25, 0.3) is 0 Å². The fraction of sp³-hybridized carbons (Fsp3) is 1.00. The molecule has 0 aromatic rings. The Morgan fingerprint density at radius 1 is 1.54 bits per heavy atom. The van der Waals surface area contributed by atoms with Crippen molar-refractivity contribution in [3.05, 3.63) is 0 Å². The van der Waals surface area contributed by atoms with Crippen LogP contribution in [0.1, 0.15) is 20.3 Å². The van der Waals surface area contributed by atoms with E-state index in [0.717, 1.165) is 13.1 Å². The maximum absolute atomic E-state index is 5.76. The molecule has 78 valence electrons. The van der Waals surface area contributed by atoms with Crippen LogP contribution in [0.5, 0.6) is 0 Å². The average molecular weight is 187 g/mol. The lowest BCUT2D eigenvalue weighted by Crippen LogP contribution is -2.42. The molecular weight excluding hydrogens is 166 g/mol. The molecule has 0 saturated carbocycles. The molecule has 0 amide bonds. The summed E-state index contributed by atoms with van der Waals surface area (Å²) in [7, 11) is 1.72. The summed E-state index contributed by atoms with van der Waals surface area (Å²) in [5.41, 5.74) is 0. The molecule has 3 heteroatoms. The first-order chi connectivity index (χ1) is 6.24. The van der Waals surface area contributed by atoms with Crippen LogP contribution < -0.4 is 5.32 Å². The zero-order chi connectivity index (χ0) is 9.68. The Morgan fingerprint density at radius 3 is 2.92 bits per heavy atom. The summed E-state index contributed by atoms with van der Waals surface area (Å²) in [4.78, 5) is 0. The van der Waals surface area contributed by atoms with Gasteiger partial charge in [-0.05, 0) is 25.8 Å². The second-order valence-corrected chi connectivity index (χ2v) is 3.89. The van der Waals surface area contributed by atoms with Crippen LogP contribution in [-0.2, 0) is 9.47 Å². The summed E-state index contributed by atoms with van der Waals surface area (Å²) in [5.74, 6) is 0.672. The first-order valence-electron chi connectivity index (χ1n) is 5.09. The van der Waals surface area contributed by atoms with Gasteiger partial charge < -0.3 is 14.8 Å². The van der Waals surface area contributed by atoms with Gasteiger partial charge in [-0.25, -0.2) is 0 Å². The molecule has 0 aliphatic carbocycles. The molecule has 13 heavy (non-hydrogen) atoms. The molecule has 1 heterocycles. The average Bonchev–Trinajstić information content (AvgIpc) is 2.16. The van der Waals surface area contributed by atoms with Crippen LogP contribution in [0, 0.1) is 5.92 Å². The van der Waals surface area contributed by atoms with Crippen molar-refractivity contribution in [2.75, 3.05) is 26.8 Å². The molecule has 1 N–H and O–H groups in total. The van der Waals surface area contributed by atoms with Crippen molar-refractivity contribution in [1.82, 2.24) is 5.32 Å². The van der Waals surface area contributed by atoms with E-state index in [4.69, 9.17) is 9.47 Å². The Kier molecular flexibility index (Phi) is 4.70. The molecule has 0 radical (unpaired) electrons. The maximum atomic E-state index is 5.76. The molecule has 1 fully saturated rings. The van der Waals surface area contributed by atoms with E-state index in [1.165, 1.54) is 6.42 Å². The first kappa shape index (κ1) is 11.0. The standard InChI is InChI=1S/C10H21NO2/c1-8-4-5-11-6-10(8)13-7-9(2)12-3/h8-11H,4-7H2,1-3H3. The summed E-state index contributed by atoms with van der Waals surface area (Å²) in [6.45, 7) is 7.09. The van der Waals surface area contributed by atoms with Gasteiger partial charge in [0.05, 0.1) is 18.8 Å². The molecule has 0 aromatic carbocycles. The van der Waals surface area contributed by atoms with E-state index in [-0.39, 0.29) is 6.10 Å². The number of ether oxygens (including phenoxy) is 2. The smallest absolute Gasteiger partial charge is 0.0776 e. The fourth-order valence-corrected chi connectivity index (χ4v) is 1.51. The summed E-state index contributed by atoms with van der Waals surface area (Å²) >= 11 is 0. The Morgan fingerprint density at radius 2 is 2.31 bits per heavy atom. The van der Waals surface area contributed by atoms with Crippen molar-refractivity contribution in [3.8, 4) is 0 Å². The lowest BCUT2D eigenvalue weighted by atomic mass is 9.97. The minimum absolute atomic E-state index is 0.203. The van der Waals surface area contributed by atoms with Crippen molar-refractivity contribution in [1.29, 1.82) is 0 Å². The lowest BCUT2D eigenvalue weighted by molar-refractivity contribution is -0.0459. The predicted molar refractivity (Wildman–Crippen MR) is 52.9 cm³/mol. The molecule has 1 rings (SSSR count). The van der Waals surface area contributed by atoms with Crippen molar-refractivity contribution < 1.29 is 9.47 Å². The number of nitrogens with one attached hydrogen (secondary N) is 1. The van der Waals surface area contributed by atoms with Crippen molar-refractivity contribution in [2.45, 2.75) is 32.5 Å². The minimum Gasteiger partial charge on any atom is -0.379 e. The van der Waals surface area contributed by atoms with Gasteiger partial charge in [-0.3, -0.25) is 0 Å². The molecule has 0 aromatic heterocycles. The summed E-state index contributed by atoms with van der Waals surface area (Å²) in [6.07, 6.45) is 1.78. The second-order valence-electron chi connectivity index (χ2n) is 3.89. The van der Waals surface area contributed by atoms with Gasteiger partial charge in [0.1, 0.15) is 0 Å². The lowest BCUT2D eigenvalue weighted by Gasteiger charge is -2.30. The van der Waals surface area contributed by atoms with E-state index >= 15 is 0 Å². The van der Waals surface area contributed by atoms with Gasteiger partial charge in [-0.1, -0.05) is 6.92 Å². The van der Waals surface area contributed by atoms with Gasteiger partial charge in [0.2, 0.25) is 0 Å². The highest BCUT2D eigenvalue weighted by Gasteiger charge is 2.21. The monoisotopic (exact) mass is 187 g/mol. The van der Waals surface area contributed by atoms with Gasteiger partial charge in [-0.2, -0.15) is 0 Å². The van der Waals surface area contributed by atoms with Crippen LogP contribution in [0.3, 0.4) is 0 Å². The summed E-state index contributed by atoms with van der Waals surface area (Å²) in [6, 6.07) is 0. The largest absolute Gasteiger partial charge is 0.379 e. The van der Waals surface area contributed by atoms with Crippen LogP contribution in [0.4, 0.5) is 0 Å².